The zero-order valence-electron chi connectivity index (χ0n) is 62.4. The number of benzene rings is 10. The largest absolute Gasteiger partial charge is 0.311 e. The molecule has 490 valence electrons. The van der Waals surface area contributed by atoms with Crippen LogP contribution in [0.15, 0.2) is 194 Å². The van der Waals surface area contributed by atoms with Crippen molar-refractivity contribution in [3.63, 3.8) is 0 Å². The molecular formula is C92H104BN3. The highest BCUT2D eigenvalue weighted by Gasteiger charge is 2.45. The van der Waals surface area contributed by atoms with Crippen LogP contribution in [-0.2, 0) is 43.3 Å². The third-order valence-electron chi connectivity index (χ3n) is 20.9. The van der Waals surface area contributed by atoms with Crippen molar-refractivity contribution in [1.29, 1.82) is 0 Å². The molecular weight excluding hydrogens is 1160 g/mol. The molecule has 3 heterocycles. The van der Waals surface area contributed by atoms with Gasteiger partial charge in [-0.3, -0.25) is 0 Å². The number of para-hydroxylation sites is 1. The van der Waals surface area contributed by atoms with E-state index in [2.05, 4.69) is 375 Å². The van der Waals surface area contributed by atoms with E-state index in [0.717, 1.165) is 11.4 Å². The Morgan fingerprint density at radius 1 is 0.250 bits per heavy atom. The molecule has 96 heavy (non-hydrogen) atoms. The number of hydrogen-bond acceptors (Lipinski definition) is 2. The first-order valence-corrected chi connectivity index (χ1v) is 35.4. The van der Waals surface area contributed by atoms with Crippen molar-refractivity contribution in [3.05, 3.63) is 239 Å². The maximum atomic E-state index is 2.66. The summed E-state index contributed by atoms with van der Waals surface area (Å²) in [6, 6.07) is 77.2. The van der Waals surface area contributed by atoms with Crippen LogP contribution in [0.4, 0.5) is 34.1 Å². The van der Waals surface area contributed by atoms with Crippen LogP contribution in [0.5, 0.6) is 0 Å². The van der Waals surface area contributed by atoms with Gasteiger partial charge in [0.1, 0.15) is 0 Å². The SMILES string of the molecule is CC(C)(C)c1cc(-c2ccc(N3c4cccc5c4B(c4cc(-c6cc(C(C)(C)C)cc(C(C)(C)C)c6)ccc4N5c4cccc(-c5cc(C(C)(C)C)cc(C(C)(C)C)c5)c4)c4ccc5c(c43)c3ccccc3n5-c3cc(C(C)(C)C)cc(C(C)(C)C)c3)cc2)cc(C(C)(C)C)c1. The van der Waals surface area contributed by atoms with Gasteiger partial charge in [0.25, 0.3) is 6.71 Å². The average molecular weight is 1260 g/mol. The number of aromatic nitrogens is 1. The predicted octanol–water partition coefficient (Wildman–Crippen LogP) is 24.2. The topological polar surface area (TPSA) is 11.4 Å². The Morgan fingerprint density at radius 2 is 0.656 bits per heavy atom. The van der Waals surface area contributed by atoms with Gasteiger partial charge in [-0.2, -0.15) is 0 Å². The van der Waals surface area contributed by atoms with Crippen LogP contribution >= 0.6 is 0 Å². The van der Waals surface area contributed by atoms with E-state index in [4.69, 9.17) is 0 Å². The van der Waals surface area contributed by atoms with Crippen molar-refractivity contribution in [3.8, 4) is 39.1 Å². The number of nitrogens with zero attached hydrogens (tertiary/aromatic N) is 3. The summed E-state index contributed by atoms with van der Waals surface area (Å²) in [6.45, 7) is 56.2. The second kappa shape index (κ2) is 22.6. The predicted molar refractivity (Wildman–Crippen MR) is 421 cm³/mol. The molecule has 0 aliphatic carbocycles. The lowest BCUT2D eigenvalue weighted by atomic mass is 9.33. The quantitative estimate of drug-likeness (QED) is 0.154. The molecule has 1 aromatic heterocycles. The molecule has 11 aromatic rings. The van der Waals surface area contributed by atoms with E-state index in [1.165, 1.54) is 145 Å². The summed E-state index contributed by atoms with van der Waals surface area (Å²) in [5, 5.41) is 2.49. The van der Waals surface area contributed by atoms with Crippen LogP contribution in [-0.4, -0.2) is 11.3 Å². The fourth-order valence-corrected chi connectivity index (χ4v) is 14.7. The van der Waals surface area contributed by atoms with Crippen LogP contribution in [0, 0.1) is 0 Å². The molecule has 10 aromatic carbocycles. The second-order valence-electron chi connectivity index (χ2n) is 36.6. The molecule has 13 rings (SSSR count). The van der Waals surface area contributed by atoms with Crippen LogP contribution in [0.3, 0.4) is 0 Å². The van der Waals surface area contributed by atoms with Gasteiger partial charge in [-0.05, 0) is 204 Å². The maximum absolute atomic E-state index is 2.66. The Labute approximate surface area is 577 Å². The molecule has 2 aliphatic heterocycles. The van der Waals surface area contributed by atoms with Gasteiger partial charge >= 0.3 is 0 Å². The Bertz CT molecular complexity index is 4760. The highest BCUT2D eigenvalue weighted by molar-refractivity contribution is 7.00. The molecule has 0 N–H and O–H groups in total. The molecule has 0 spiro atoms. The van der Waals surface area contributed by atoms with Crippen molar-refractivity contribution < 1.29 is 0 Å². The van der Waals surface area contributed by atoms with E-state index in [0.29, 0.717) is 0 Å². The van der Waals surface area contributed by atoms with E-state index in [1.54, 1.807) is 0 Å². The van der Waals surface area contributed by atoms with Gasteiger partial charge in [-0.25, -0.2) is 0 Å². The van der Waals surface area contributed by atoms with Crippen LogP contribution in [0.2, 0.25) is 0 Å². The highest BCUT2D eigenvalue weighted by atomic mass is 15.2. The molecule has 0 bridgehead atoms. The summed E-state index contributed by atoms with van der Waals surface area (Å²) in [5.74, 6) is 0. The van der Waals surface area contributed by atoms with Crippen LogP contribution in [0.1, 0.15) is 211 Å². The first-order valence-electron chi connectivity index (χ1n) is 35.4. The van der Waals surface area contributed by atoms with Gasteiger partial charge in [0.15, 0.2) is 0 Å². The van der Waals surface area contributed by atoms with E-state index >= 15 is 0 Å². The fourth-order valence-electron chi connectivity index (χ4n) is 14.7. The Hall–Kier alpha value is -8.34. The smallest absolute Gasteiger partial charge is 0.252 e. The number of fused-ring (bicyclic) bond motifs is 8. The Morgan fingerprint density at radius 3 is 1.12 bits per heavy atom. The second-order valence-corrected chi connectivity index (χ2v) is 36.6. The summed E-state index contributed by atoms with van der Waals surface area (Å²) < 4.78 is 2.58. The summed E-state index contributed by atoms with van der Waals surface area (Å²) >= 11 is 0. The van der Waals surface area contributed by atoms with Crippen molar-refractivity contribution in [1.82, 2.24) is 4.57 Å². The van der Waals surface area contributed by atoms with Crippen LogP contribution < -0.4 is 26.2 Å². The Balaban J connectivity index is 1.13. The van der Waals surface area contributed by atoms with E-state index in [9.17, 15) is 0 Å². The number of rotatable bonds is 6. The van der Waals surface area contributed by atoms with Crippen LogP contribution in [0.25, 0.3) is 60.9 Å². The van der Waals surface area contributed by atoms with Crippen molar-refractivity contribution in [2.75, 3.05) is 9.80 Å². The molecule has 0 amide bonds. The van der Waals surface area contributed by atoms with Crippen molar-refractivity contribution in [2.24, 2.45) is 0 Å². The molecule has 0 saturated heterocycles. The van der Waals surface area contributed by atoms with Gasteiger partial charge in [-0.1, -0.05) is 294 Å². The van der Waals surface area contributed by atoms with Gasteiger partial charge in [0.2, 0.25) is 0 Å². The third-order valence-corrected chi connectivity index (χ3v) is 20.9. The zero-order chi connectivity index (χ0) is 69.1. The standard InChI is InChI=1S/C92H104BN3/c1-85(2,3)63-43-60(44-64(51-63)86(4,5)6)57-35-38-71(39-36-57)96-81-34-28-33-80-83(81)93(75-40-42-79-82(84(75)96)74-31-25-26-32-77(74)95(79)73-55-69(91(19,20)21)54-70(56-73)92(22,23)24)76-50-59(62-47-67(89(13,14)15)53-68(48-62)90(16,17)18)37-41-78(76)94(80)72-30-27-29-58(49-72)61-45-65(87(7,8)9)52-66(46-61)88(10,11)12/h25-56H,1-24H3. The molecule has 4 heteroatoms. The summed E-state index contributed by atoms with van der Waals surface area (Å²) in [7, 11) is 0. The Kier molecular flexibility index (Phi) is 15.6. The van der Waals surface area contributed by atoms with E-state index in [1.807, 2.05) is 0 Å². The van der Waals surface area contributed by atoms with Gasteiger partial charge < -0.3 is 14.4 Å². The van der Waals surface area contributed by atoms with E-state index < -0.39 is 0 Å². The monoisotopic (exact) mass is 1260 g/mol. The number of anilines is 6. The molecule has 0 fully saturated rings. The van der Waals surface area contributed by atoms with E-state index in [-0.39, 0.29) is 50.0 Å². The lowest BCUT2D eigenvalue weighted by Gasteiger charge is -2.44. The minimum atomic E-state index is -0.138. The fraction of sp³-hybridized carbons (Fsp3) is 0.348. The minimum Gasteiger partial charge on any atom is -0.311 e. The molecule has 3 nitrogen and oxygen atoms in total. The molecule has 0 unspecified atom stereocenters. The van der Waals surface area contributed by atoms with Crippen molar-refractivity contribution >= 4 is 79.0 Å². The minimum absolute atomic E-state index is 0.0170. The summed E-state index contributed by atoms with van der Waals surface area (Å²) in [5.41, 5.74) is 32.3. The first-order chi connectivity index (χ1) is 44.6. The van der Waals surface area contributed by atoms with Crippen molar-refractivity contribution in [2.45, 2.75) is 209 Å². The molecule has 0 radical (unpaired) electrons. The van der Waals surface area contributed by atoms with Gasteiger partial charge in [-0.15, -0.1) is 0 Å². The van der Waals surface area contributed by atoms with Gasteiger partial charge in [0.05, 0.1) is 16.7 Å². The highest BCUT2D eigenvalue weighted by Crippen LogP contribution is 2.51. The summed E-state index contributed by atoms with van der Waals surface area (Å²) in [6.07, 6.45) is 0. The average Bonchev–Trinajstić information content (AvgIpc) is 1.18. The summed E-state index contributed by atoms with van der Waals surface area (Å²) in [4.78, 5) is 5.26. The molecule has 2 aliphatic rings. The third kappa shape index (κ3) is 12.0. The molecule has 0 atom stereocenters. The zero-order valence-corrected chi connectivity index (χ0v) is 62.4. The normalized spacial score (nSPS) is 14.0. The van der Waals surface area contributed by atoms with Gasteiger partial charge in [0, 0.05) is 44.9 Å². The molecule has 0 saturated carbocycles. The maximum Gasteiger partial charge on any atom is 0.252 e. The lowest BCUT2D eigenvalue weighted by molar-refractivity contribution is 0.567. The lowest BCUT2D eigenvalue weighted by Crippen LogP contribution is -2.61. The first kappa shape index (κ1) is 66.3. The number of hydrogen-bond donors (Lipinski definition) is 0.